The highest BCUT2D eigenvalue weighted by molar-refractivity contribution is 6.32. The Morgan fingerprint density at radius 1 is 1.41 bits per heavy atom. The first-order valence-electron chi connectivity index (χ1n) is 9.31. The Bertz CT molecular complexity index is 869. The third-order valence-corrected chi connectivity index (χ3v) is 4.67. The second-order valence-corrected chi connectivity index (χ2v) is 6.71. The Hall–Kier alpha value is -2.82. The molecule has 2 atom stereocenters. The SMILES string of the molecule is C=CC(=O)N1CCC[C@H](OC(=O)N[C@@H](Cc2coc3ccccc23)OB(O)O)C1. The van der Waals surface area contributed by atoms with Crippen LogP contribution in [0.3, 0.4) is 0 Å². The molecule has 1 fully saturated rings. The Morgan fingerprint density at radius 2 is 2.21 bits per heavy atom. The van der Waals surface area contributed by atoms with Crippen molar-refractivity contribution in [3.8, 4) is 0 Å². The quantitative estimate of drug-likeness (QED) is 0.361. The highest BCUT2D eigenvalue weighted by atomic mass is 16.6. The third kappa shape index (κ3) is 5.60. The van der Waals surface area contributed by atoms with Crippen molar-refractivity contribution in [1.29, 1.82) is 0 Å². The van der Waals surface area contributed by atoms with Crippen LogP contribution < -0.4 is 5.32 Å². The molecule has 0 aliphatic carbocycles. The number of hydrogen-bond donors (Lipinski definition) is 3. The molecule has 154 valence electrons. The number of likely N-dealkylation sites (tertiary alicyclic amines) is 1. The van der Waals surface area contributed by atoms with Gasteiger partial charge in [0.2, 0.25) is 5.91 Å². The smallest absolute Gasteiger partial charge is 0.464 e. The van der Waals surface area contributed by atoms with E-state index < -0.39 is 25.7 Å². The van der Waals surface area contributed by atoms with Crippen molar-refractivity contribution in [2.75, 3.05) is 13.1 Å². The van der Waals surface area contributed by atoms with Crippen LogP contribution in [0.5, 0.6) is 0 Å². The second-order valence-electron chi connectivity index (χ2n) is 6.71. The number of amides is 2. The van der Waals surface area contributed by atoms with Gasteiger partial charge in [-0.2, -0.15) is 0 Å². The summed E-state index contributed by atoms with van der Waals surface area (Å²) in [5, 5.41) is 21.7. The predicted molar refractivity (Wildman–Crippen MR) is 104 cm³/mol. The van der Waals surface area contributed by atoms with E-state index in [2.05, 4.69) is 11.9 Å². The molecule has 1 aliphatic rings. The number of nitrogens with one attached hydrogen (secondary N) is 1. The number of furan rings is 1. The van der Waals surface area contributed by atoms with E-state index in [1.807, 2.05) is 18.2 Å². The summed E-state index contributed by atoms with van der Waals surface area (Å²) in [6.07, 6.45) is 1.90. The van der Waals surface area contributed by atoms with E-state index in [1.54, 1.807) is 11.0 Å². The number of piperidine rings is 1. The van der Waals surface area contributed by atoms with Gasteiger partial charge < -0.3 is 28.8 Å². The summed E-state index contributed by atoms with van der Waals surface area (Å²) < 4.78 is 15.8. The lowest BCUT2D eigenvalue weighted by molar-refractivity contribution is -0.129. The van der Waals surface area contributed by atoms with Gasteiger partial charge >= 0.3 is 13.4 Å². The Kier molecular flexibility index (Phi) is 6.92. The van der Waals surface area contributed by atoms with Gasteiger partial charge in [-0.05, 0) is 25.0 Å². The number of carbonyl (C=O) groups is 2. The van der Waals surface area contributed by atoms with Crippen LogP contribution >= 0.6 is 0 Å². The van der Waals surface area contributed by atoms with Gasteiger partial charge in [-0.25, -0.2) is 4.79 Å². The monoisotopic (exact) mass is 402 g/mol. The molecule has 0 radical (unpaired) electrons. The van der Waals surface area contributed by atoms with E-state index in [0.717, 1.165) is 10.9 Å². The first kappa shape index (κ1) is 20.9. The zero-order chi connectivity index (χ0) is 20.8. The first-order chi connectivity index (χ1) is 14.0. The first-order valence-corrected chi connectivity index (χ1v) is 9.31. The number of alkyl carbamates (subject to hydrolysis) is 1. The Labute approximate surface area is 168 Å². The summed E-state index contributed by atoms with van der Waals surface area (Å²) in [4.78, 5) is 25.6. The summed E-state index contributed by atoms with van der Waals surface area (Å²) in [6, 6.07) is 7.34. The van der Waals surface area contributed by atoms with Crippen LogP contribution in [0.2, 0.25) is 0 Å². The number of benzene rings is 1. The minimum atomic E-state index is -2.08. The Morgan fingerprint density at radius 3 is 2.97 bits per heavy atom. The van der Waals surface area contributed by atoms with Crippen LogP contribution in [0.15, 0.2) is 47.6 Å². The molecule has 0 unspecified atom stereocenters. The molecule has 10 heteroatoms. The molecular weight excluding hydrogens is 379 g/mol. The number of nitrogens with zero attached hydrogens (tertiary/aromatic N) is 1. The molecule has 1 saturated heterocycles. The van der Waals surface area contributed by atoms with E-state index in [4.69, 9.17) is 13.8 Å². The maximum absolute atomic E-state index is 12.3. The van der Waals surface area contributed by atoms with Crippen LogP contribution in [0.25, 0.3) is 11.0 Å². The largest absolute Gasteiger partial charge is 0.635 e. The van der Waals surface area contributed by atoms with Gasteiger partial charge in [0.05, 0.1) is 12.8 Å². The van der Waals surface area contributed by atoms with Gasteiger partial charge in [0.15, 0.2) is 0 Å². The zero-order valence-electron chi connectivity index (χ0n) is 15.8. The predicted octanol–water partition coefficient (Wildman–Crippen LogP) is 1.19. The lowest BCUT2D eigenvalue weighted by Gasteiger charge is -2.32. The van der Waals surface area contributed by atoms with Crippen molar-refractivity contribution >= 4 is 30.3 Å². The average Bonchev–Trinajstić information content (AvgIpc) is 3.10. The molecule has 1 aromatic heterocycles. The number of para-hydroxylation sites is 1. The molecule has 2 amide bonds. The molecule has 0 spiro atoms. The fraction of sp³-hybridized carbons (Fsp3) is 0.368. The van der Waals surface area contributed by atoms with Crippen molar-refractivity contribution in [2.24, 2.45) is 0 Å². The van der Waals surface area contributed by atoms with E-state index >= 15 is 0 Å². The van der Waals surface area contributed by atoms with Gasteiger partial charge in [0.1, 0.15) is 17.9 Å². The fourth-order valence-corrected chi connectivity index (χ4v) is 3.35. The van der Waals surface area contributed by atoms with E-state index in [1.165, 1.54) is 12.3 Å². The molecule has 2 heterocycles. The maximum Gasteiger partial charge on any atom is 0.635 e. The lowest BCUT2D eigenvalue weighted by Crippen LogP contribution is -2.47. The maximum atomic E-state index is 12.3. The fourth-order valence-electron chi connectivity index (χ4n) is 3.35. The van der Waals surface area contributed by atoms with Crippen LogP contribution in [-0.4, -0.2) is 59.7 Å². The molecule has 29 heavy (non-hydrogen) atoms. The zero-order valence-corrected chi connectivity index (χ0v) is 15.8. The van der Waals surface area contributed by atoms with Crippen LogP contribution in [-0.2, 0) is 20.6 Å². The highest BCUT2D eigenvalue weighted by Gasteiger charge is 2.27. The van der Waals surface area contributed by atoms with Gasteiger partial charge in [0.25, 0.3) is 0 Å². The molecule has 0 bridgehead atoms. The topological polar surface area (TPSA) is 121 Å². The van der Waals surface area contributed by atoms with E-state index in [-0.39, 0.29) is 18.9 Å². The molecule has 1 aromatic carbocycles. The number of fused-ring (bicyclic) bond motifs is 1. The lowest BCUT2D eigenvalue weighted by atomic mass is 10.1. The van der Waals surface area contributed by atoms with Crippen LogP contribution in [0, 0.1) is 0 Å². The second kappa shape index (κ2) is 9.59. The van der Waals surface area contributed by atoms with Crippen molar-refractivity contribution in [1.82, 2.24) is 10.2 Å². The molecule has 9 nitrogen and oxygen atoms in total. The summed E-state index contributed by atoms with van der Waals surface area (Å²) in [7, 11) is -2.08. The molecule has 3 rings (SSSR count). The number of carbonyl (C=O) groups excluding carboxylic acids is 2. The highest BCUT2D eigenvalue weighted by Crippen LogP contribution is 2.22. The summed E-state index contributed by atoms with van der Waals surface area (Å²) >= 11 is 0. The standard InChI is InChI=1S/C19H23BN2O7/c1-2-18(23)22-9-5-6-14(11-22)28-19(24)21-17(29-20(25)26)10-13-12-27-16-8-4-3-7-15(13)16/h2-4,7-8,12,14,17,25-26H,1,5-6,9-11H2,(H,21,24)/t14-,17+/m0/s1. The van der Waals surface area contributed by atoms with E-state index in [0.29, 0.717) is 25.0 Å². The minimum Gasteiger partial charge on any atom is -0.464 e. The summed E-state index contributed by atoms with van der Waals surface area (Å²) in [6.45, 7) is 4.33. The van der Waals surface area contributed by atoms with E-state index in [9.17, 15) is 19.6 Å². The van der Waals surface area contributed by atoms with Crippen molar-refractivity contribution in [2.45, 2.75) is 31.6 Å². The average molecular weight is 402 g/mol. The third-order valence-electron chi connectivity index (χ3n) is 4.67. The molecule has 0 saturated carbocycles. The molecule has 2 aromatic rings. The van der Waals surface area contributed by atoms with Gasteiger partial charge in [-0.3, -0.25) is 10.1 Å². The number of rotatable bonds is 7. The number of ether oxygens (including phenoxy) is 1. The molecule has 3 N–H and O–H groups in total. The molecular formula is C19H23BN2O7. The van der Waals surface area contributed by atoms with Gasteiger partial charge in [0, 0.05) is 23.9 Å². The summed E-state index contributed by atoms with van der Waals surface area (Å²) in [5.41, 5.74) is 1.40. The van der Waals surface area contributed by atoms with Crippen molar-refractivity contribution in [3.63, 3.8) is 0 Å². The molecule has 1 aliphatic heterocycles. The summed E-state index contributed by atoms with van der Waals surface area (Å²) in [5.74, 6) is -0.213. The van der Waals surface area contributed by atoms with Gasteiger partial charge in [-0.1, -0.05) is 24.8 Å². The van der Waals surface area contributed by atoms with Crippen molar-refractivity contribution < 1.29 is 33.4 Å². The van der Waals surface area contributed by atoms with Crippen LogP contribution in [0.4, 0.5) is 4.79 Å². The van der Waals surface area contributed by atoms with Crippen molar-refractivity contribution in [3.05, 3.63) is 48.7 Å². The van der Waals surface area contributed by atoms with Gasteiger partial charge in [-0.15, -0.1) is 0 Å². The van der Waals surface area contributed by atoms with Crippen LogP contribution in [0.1, 0.15) is 18.4 Å². The Balaban J connectivity index is 1.61. The number of hydrogen-bond acceptors (Lipinski definition) is 7. The minimum absolute atomic E-state index is 0.134. The normalized spacial score (nSPS) is 17.6.